The molecular formula is C24H29N5O2S. The zero-order valence-electron chi connectivity index (χ0n) is 18.9. The molecule has 1 aromatic heterocycles. The maximum absolute atomic E-state index is 12.9. The molecule has 2 amide bonds. The standard InChI is InChI=1S/C24H29N5O2S/c1-5-20-13-9-10-14-21(20)25-22(30)16-28(4)23(31)17(2)32-24-27-26-18(3)29(24)15-19-11-7-6-8-12-19/h6-14,17H,5,15-16H2,1-4H3,(H,25,30). The van der Waals surface area contributed by atoms with Gasteiger partial charge in [-0.1, -0.05) is 67.2 Å². The molecule has 0 saturated heterocycles. The molecular weight excluding hydrogens is 422 g/mol. The lowest BCUT2D eigenvalue weighted by Crippen LogP contribution is -2.39. The second kappa shape index (κ2) is 10.9. The SMILES string of the molecule is CCc1ccccc1NC(=O)CN(C)C(=O)C(C)Sc1nnc(C)n1Cc1ccccc1. The minimum absolute atomic E-state index is 0.0164. The van der Waals surface area contributed by atoms with Gasteiger partial charge in [-0.3, -0.25) is 9.59 Å². The Balaban J connectivity index is 1.60. The number of amides is 2. The van der Waals surface area contributed by atoms with Gasteiger partial charge in [-0.15, -0.1) is 10.2 Å². The van der Waals surface area contributed by atoms with Crippen molar-refractivity contribution in [3.05, 3.63) is 71.5 Å². The molecule has 3 rings (SSSR count). The number of benzene rings is 2. The summed E-state index contributed by atoms with van der Waals surface area (Å²) >= 11 is 1.35. The fourth-order valence-electron chi connectivity index (χ4n) is 3.35. The molecule has 8 heteroatoms. The molecule has 32 heavy (non-hydrogen) atoms. The fourth-order valence-corrected chi connectivity index (χ4v) is 4.36. The number of rotatable bonds is 9. The lowest BCUT2D eigenvalue weighted by Gasteiger charge is -2.21. The molecule has 1 atom stereocenters. The summed E-state index contributed by atoms with van der Waals surface area (Å²) in [6.07, 6.45) is 0.821. The number of anilines is 1. The van der Waals surface area contributed by atoms with Crippen molar-refractivity contribution in [2.24, 2.45) is 0 Å². The Hall–Kier alpha value is -3.13. The number of carbonyl (C=O) groups excluding carboxylic acids is 2. The van der Waals surface area contributed by atoms with Crippen LogP contribution in [0.15, 0.2) is 59.8 Å². The number of para-hydroxylation sites is 1. The number of nitrogens with zero attached hydrogens (tertiary/aromatic N) is 4. The van der Waals surface area contributed by atoms with Gasteiger partial charge in [0.1, 0.15) is 5.82 Å². The number of likely N-dealkylation sites (N-methyl/N-ethyl adjacent to an activating group) is 1. The summed E-state index contributed by atoms with van der Waals surface area (Å²) in [5.74, 6) is 0.432. The van der Waals surface area contributed by atoms with Gasteiger partial charge in [0, 0.05) is 12.7 Å². The number of aromatic nitrogens is 3. The Morgan fingerprint density at radius 3 is 2.50 bits per heavy atom. The van der Waals surface area contributed by atoms with Gasteiger partial charge in [-0.25, -0.2) is 0 Å². The van der Waals surface area contributed by atoms with E-state index in [0.29, 0.717) is 11.7 Å². The molecule has 1 unspecified atom stereocenters. The summed E-state index contributed by atoms with van der Waals surface area (Å²) in [7, 11) is 1.64. The van der Waals surface area contributed by atoms with Crippen LogP contribution in [-0.2, 0) is 22.6 Å². The monoisotopic (exact) mass is 451 g/mol. The lowest BCUT2D eigenvalue weighted by atomic mass is 10.1. The molecule has 0 aliphatic rings. The van der Waals surface area contributed by atoms with Crippen LogP contribution < -0.4 is 5.32 Å². The molecule has 0 fully saturated rings. The highest BCUT2D eigenvalue weighted by atomic mass is 32.2. The van der Waals surface area contributed by atoms with Crippen LogP contribution >= 0.6 is 11.8 Å². The van der Waals surface area contributed by atoms with Gasteiger partial charge in [0.05, 0.1) is 18.3 Å². The van der Waals surface area contributed by atoms with Crippen molar-refractivity contribution in [2.45, 2.75) is 44.1 Å². The van der Waals surface area contributed by atoms with Crippen molar-refractivity contribution < 1.29 is 9.59 Å². The van der Waals surface area contributed by atoms with Crippen LogP contribution in [0.5, 0.6) is 0 Å². The van der Waals surface area contributed by atoms with Crippen molar-refractivity contribution in [3.63, 3.8) is 0 Å². The van der Waals surface area contributed by atoms with Crippen LogP contribution in [0, 0.1) is 6.92 Å². The Labute approximate surface area is 193 Å². The summed E-state index contributed by atoms with van der Waals surface area (Å²) in [6, 6.07) is 17.7. The Bertz CT molecular complexity index is 1070. The average Bonchev–Trinajstić information content (AvgIpc) is 3.13. The molecule has 168 valence electrons. The van der Waals surface area contributed by atoms with E-state index in [4.69, 9.17) is 0 Å². The van der Waals surface area contributed by atoms with Gasteiger partial charge in [0.25, 0.3) is 0 Å². The van der Waals surface area contributed by atoms with Crippen molar-refractivity contribution in [3.8, 4) is 0 Å². The van der Waals surface area contributed by atoms with Gasteiger partial charge in [-0.05, 0) is 37.5 Å². The van der Waals surface area contributed by atoms with Crippen molar-refractivity contribution in [2.75, 3.05) is 18.9 Å². The van der Waals surface area contributed by atoms with Crippen LogP contribution in [0.4, 0.5) is 5.69 Å². The van der Waals surface area contributed by atoms with Gasteiger partial charge >= 0.3 is 0 Å². The Morgan fingerprint density at radius 1 is 1.09 bits per heavy atom. The number of thioether (sulfide) groups is 1. The summed E-state index contributed by atoms with van der Waals surface area (Å²) < 4.78 is 2.00. The molecule has 0 radical (unpaired) electrons. The predicted molar refractivity (Wildman–Crippen MR) is 128 cm³/mol. The zero-order chi connectivity index (χ0) is 23.1. The fraction of sp³-hybridized carbons (Fsp3) is 0.333. The molecule has 0 saturated carbocycles. The molecule has 0 aliphatic carbocycles. The van der Waals surface area contributed by atoms with Gasteiger partial charge in [0.2, 0.25) is 11.8 Å². The van der Waals surface area contributed by atoms with Gasteiger partial charge < -0.3 is 14.8 Å². The number of nitrogens with one attached hydrogen (secondary N) is 1. The summed E-state index contributed by atoms with van der Waals surface area (Å²) in [6.45, 7) is 6.38. The third-order valence-corrected chi connectivity index (χ3v) is 6.21. The summed E-state index contributed by atoms with van der Waals surface area (Å²) in [4.78, 5) is 26.9. The highest BCUT2D eigenvalue weighted by Crippen LogP contribution is 2.24. The molecule has 2 aromatic carbocycles. The van der Waals surface area contributed by atoms with E-state index in [9.17, 15) is 9.59 Å². The minimum atomic E-state index is -0.408. The predicted octanol–water partition coefficient (Wildman–Crippen LogP) is 3.77. The van der Waals surface area contributed by atoms with E-state index in [2.05, 4.69) is 15.5 Å². The van der Waals surface area contributed by atoms with E-state index in [-0.39, 0.29) is 18.4 Å². The first-order valence-corrected chi connectivity index (χ1v) is 11.5. The highest BCUT2D eigenvalue weighted by molar-refractivity contribution is 8.00. The van der Waals surface area contributed by atoms with Crippen LogP contribution in [0.25, 0.3) is 0 Å². The quantitative estimate of drug-likeness (QED) is 0.501. The van der Waals surface area contributed by atoms with Crippen LogP contribution in [0.1, 0.15) is 30.8 Å². The first kappa shape index (κ1) is 23.5. The van der Waals surface area contributed by atoms with Crippen LogP contribution in [0.2, 0.25) is 0 Å². The van der Waals surface area contributed by atoms with Crippen LogP contribution in [0.3, 0.4) is 0 Å². The molecule has 1 N–H and O–H groups in total. The smallest absolute Gasteiger partial charge is 0.243 e. The topological polar surface area (TPSA) is 80.1 Å². The highest BCUT2D eigenvalue weighted by Gasteiger charge is 2.23. The Kier molecular flexibility index (Phi) is 8.05. The van der Waals surface area contributed by atoms with Crippen LogP contribution in [-0.4, -0.2) is 50.3 Å². The molecule has 1 heterocycles. The third kappa shape index (κ3) is 5.97. The van der Waals surface area contributed by atoms with E-state index < -0.39 is 5.25 Å². The van der Waals surface area contributed by atoms with E-state index in [1.54, 1.807) is 7.05 Å². The zero-order valence-corrected chi connectivity index (χ0v) is 19.7. The largest absolute Gasteiger partial charge is 0.335 e. The van der Waals surface area contributed by atoms with E-state index >= 15 is 0 Å². The second-order valence-electron chi connectivity index (χ2n) is 7.61. The van der Waals surface area contributed by atoms with Gasteiger partial charge in [-0.2, -0.15) is 0 Å². The number of aryl methyl sites for hydroxylation is 2. The number of hydrogen-bond acceptors (Lipinski definition) is 5. The summed E-state index contributed by atoms with van der Waals surface area (Å²) in [5, 5.41) is 11.6. The first-order valence-electron chi connectivity index (χ1n) is 10.6. The maximum atomic E-state index is 12.9. The average molecular weight is 452 g/mol. The first-order chi connectivity index (χ1) is 15.4. The second-order valence-corrected chi connectivity index (χ2v) is 8.92. The molecule has 0 bridgehead atoms. The Morgan fingerprint density at radius 2 is 1.78 bits per heavy atom. The molecule has 0 aliphatic heterocycles. The summed E-state index contributed by atoms with van der Waals surface area (Å²) in [5.41, 5.74) is 2.98. The van der Waals surface area contributed by atoms with Gasteiger partial charge in [0.15, 0.2) is 5.16 Å². The molecule has 0 spiro atoms. The normalized spacial score (nSPS) is 11.8. The van der Waals surface area contributed by atoms with Crippen molar-refractivity contribution in [1.29, 1.82) is 0 Å². The molecule has 7 nitrogen and oxygen atoms in total. The number of carbonyl (C=O) groups is 2. The number of hydrogen-bond donors (Lipinski definition) is 1. The minimum Gasteiger partial charge on any atom is -0.335 e. The molecule has 3 aromatic rings. The third-order valence-electron chi connectivity index (χ3n) is 5.14. The van der Waals surface area contributed by atoms with E-state index in [1.165, 1.54) is 16.7 Å². The van der Waals surface area contributed by atoms with E-state index in [0.717, 1.165) is 29.1 Å². The maximum Gasteiger partial charge on any atom is 0.243 e. The van der Waals surface area contributed by atoms with Crippen molar-refractivity contribution in [1.82, 2.24) is 19.7 Å². The lowest BCUT2D eigenvalue weighted by molar-refractivity contribution is -0.132. The van der Waals surface area contributed by atoms with Crippen molar-refractivity contribution >= 4 is 29.3 Å². The van der Waals surface area contributed by atoms with E-state index in [1.807, 2.05) is 79.9 Å².